The van der Waals surface area contributed by atoms with Gasteiger partial charge in [0.2, 0.25) is 0 Å². The maximum atomic E-state index is 12.1. The Morgan fingerprint density at radius 3 is 2.67 bits per heavy atom. The van der Waals surface area contributed by atoms with Gasteiger partial charge in [-0.3, -0.25) is 4.79 Å². The Balaban J connectivity index is 2.77. The fraction of sp³-hybridized carbons (Fsp3) is 0.462. The third-order valence-corrected chi connectivity index (χ3v) is 3.54. The summed E-state index contributed by atoms with van der Waals surface area (Å²) in [6, 6.07) is 5.46. The molecule has 3 nitrogen and oxygen atoms in total. The van der Waals surface area contributed by atoms with E-state index >= 15 is 0 Å². The number of methoxy groups -OCH3 is 1. The van der Waals surface area contributed by atoms with E-state index in [2.05, 4.69) is 44.1 Å². The molecule has 5 heteroatoms. The minimum atomic E-state index is -0.0959. The molecule has 0 fully saturated rings. The van der Waals surface area contributed by atoms with E-state index in [4.69, 9.17) is 4.74 Å². The SMILES string of the molecule is COc1ccc(Br)c(C(=O)NC(C)CC(C)Br)c1. The summed E-state index contributed by atoms with van der Waals surface area (Å²) < 4.78 is 5.88. The Labute approximate surface area is 125 Å². The number of halogens is 2. The molecule has 1 N–H and O–H groups in total. The highest BCUT2D eigenvalue weighted by molar-refractivity contribution is 9.10. The average molecular weight is 379 g/mol. The Bertz CT molecular complexity index is 421. The van der Waals surface area contributed by atoms with E-state index in [-0.39, 0.29) is 11.9 Å². The summed E-state index contributed by atoms with van der Waals surface area (Å²) in [4.78, 5) is 12.5. The van der Waals surface area contributed by atoms with Crippen molar-refractivity contribution in [1.29, 1.82) is 0 Å². The maximum Gasteiger partial charge on any atom is 0.252 e. The number of nitrogens with one attached hydrogen (secondary N) is 1. The molecule has 0 aliphatic rings. The summed E-state index contributed by atoms with van der Waals surface area (Å²) >= 11 is 6.85. The number of amides is 1. The van der Waals surface area contributed by atoms with Crippen LogP contribution in [0.2, 0.25) is 0 Å². The molecule has 0 spiro atoms. The highest BCUT2D eigenvalue weighted by Crippen LogP contribution is 2.22. The zero-order valence-electron chi connectivity index (χ0n) is 10.7. The monoisotopic (exact) mass is 377 g/mol. The van der Waals surface area contributed by atoms with Gasteiger partial charge < -0.3 is 10.1 Å². The van der Waals surface area contributed by atoms with E-state index < -0.39 is 0 Å². The van der Waals surface area contributed by atoms with Gasteiger partial charge in [0, 0.05) is 15.3 Å². The van der Waals surface area contributed by atoms with Crippen molar-refractivity contribution in [3.05, 3.63) is 28.2 Å². The maximum absolute atomic E-state index is 12.1. The average Bonchev–Trinajstić information content (AvgIpc) is 2.28. The van der Waals surface area contributed by atoms with E-state index in [0.717, 1.165) is 10.9 Å². The van der Waals surface area contributed by atoms with Gasteiger partial charge in [0.25, 0.3) is 5.91 Å². The molecule has 0 heterocycles. The second kappa shape index (κ2) is 7.14. The van der Waals surface area contributed by atoms with Gasteiger partial charge in [0.15, 0.2) is 0 Å². The van der Waals surface area contributed by atoms with Gasteiger partial charge in [-0.25, -0.2) is 0 Å². The van der Waals surface area contributed by atoms with Crippen LogP contribution in [0.25, 0.3) is 0 Å². The first-order valence-electron chi connectivity index (χ1n) is 5.72. The van der Waals surface area contributed by atoms with E-state index in [1.807, 2.05) is 19.1 Å². The molecule has 0 aliphatic heterocycles. The van der Waals surface area contributed by atoms with Crippen LogP contribution in [0.5, 0.6) is 5.75 Å². The number of alkyl halides is 1. The molecule has 1 amide bonds. The fourth-order valence-corrected chi connectivity index (χ4v) is 2.64. The first-order chi connectivity index (χ1) is 8.43. The smallest absolute Gasteiger partial charge is 0.252 e. The summed E-state index contributed by atoms with van der Waals surface area (Å²) in [6.45, 7) is 4.05. The molecule has 1 rings (SSSR count). The molecule has 1 aromatic carbocycles. The van der Waals surface area contributed by atoms with Crippen LogP contribution in [0.4, 0.5) is 0 Å². The summed E-state index contributed by atoms with van der Waals surface area (Å²) in [7, 11) is 1.58. The summed E-state index contributed by atoms with van der Waals surface area (Å²) in [5, 5.41) is 2.97. The van der Waals surface area contributed by atoms with Crippen molar-refractivity contribution in [1.82, 2.24) is 5.32 Å². The molecule has 1 aromatic rings. The first-order valence-corrected chi connectivity index (χ1v) is 7.43. The third kappa shape index (κ3) is 4.61. The van der Waals surface area contributed by atoms with Gasteiger partial charge >= 0.3 is 0 Å². The van der Waals surface area contributed by atoms with Gasteiger partial charge in [-0.2, -0.15) is 0 Å². The molecule has 0 saturated carbocycles. The van der Waals surface area contributed by atoms with Gasteiger partial charge in [-0.15, -0.1) is 0 Å². The molecule has 0 radical (unpaired) electrons. The minimum absolute atomic E-state index is 0.0959. The zero-order valence-corrected chi connectivity index (χ0v) is 13.8. The van der Waals surface area contributed by atoms with Crippen molar-refractivity contribution in [2.45, 2.75) is 31.1 Å². The van der Waals surface area contributed by atoms with E-state index in [1.165, 1.54) is 0 Å². The van der Waals surface area contributed by atoms with Crippen LogP contribution in [0.1, 0.15) is 30.6 Å². The zero-order chi connectivity index (χ0) is 13.7. The lowest BCUT2D eigenvalue weighted by atomic mass is 10.1. The predicted molar refractivity (Wildman–Crippen MR) is 80.6 cm³/mol. The lowest BCUT2D eigenvalue weighted by Gasteiger charge is -2.16. The summed E-state index contributed by atoms with van der Waals surface area (Å²) in [5.41, 5.74) is 0.587. The molecule has 0 aliphatic carbocycles. The Hall–Kier alpha value is -0.550. The number of ether oxygens (including phenoxy) is 1. The topological polar surface area (TPSA) is 38.3 Å². The standard InChI is InChI=1S/C13H17Br2NO2/c1-8(14)6-9(2)16-13(17)11-7-10(18-3)4-5-12(11)15/h4-5,7-9H,6H2,1-3H3,(H,16,17). The molecule has 2 atom stereocenters. The highest BCUT2D eigenvalue weighted by atomic mass is 79.9. The van der Waals surface area contributed by atoms with Crippen LogP contribution in [0, 0.1) is 0 Å². The molecule has 0 aromatic heterocycles. The number of carbonyl (C=O) groups is 1. The van der Waals surface area contributed by atoms with Gasteiger partial charge in [-0.05, 0) is 47.5 Å². The van der Waals surface area contributed by atoms with E-state index in [0.29, 0.717) is 16.1 Å². The fourth-order valence-electron chi connectivity index (χ4n) is 1.65. The molecule has 2 unspecified atom stereocenters. The van der Waals surface area contributed by atoms with Crippen LogP contribution in [0.3, 0.4) is 0 Å². The third-order valence-electron chi connectivity index (χ3n) is 2.47. The van der Waals surface area contributed by atoms with Crippen molar-refractivity contribution in [3.63, 3.8) is 0 Å². The number of hydrogen-bond acceptors (Lipinski definition) is 2. The molecular formula is C13H17Br2NO2. The lowest BCUT2D eigenvalue weighted by Crippen LogP contribution is -2.34. The second-order valence-electron chi connectivity index (χ2n) is 4.24. The summed E-state index contributed by atoms with van der Waals surface area (Å²) in [6.07, 6.45) is 0.882. The van der Waals surface area contributed by atoms with Gasteiger partial charge in [0.05, 0.1) is 12.7 Å². The van der Waals surface area contributed by atoms with Crippen LogP contribution >= 0.6 is 31.9 Å². The van der Waals surface area contributed by atoms with Crippen molar-refractivity contribution < 1.29 is 9.53 Å². The lowest BCUT2D eigenvalue weighted by molar-refractivity contribution is 0.0937. The summed E-state index contributed by atoms with van der Waals surface area (Å²) in [5.74, 6) is 0.575. The molecular weight excluding hydrogens is 362 g/mol. The minimum Gasteiger partial charge on any atom is -0.497 e. The van der Waals surface area contributed by atoms with Gasteiger partial charge in [0.1, 0.15) is 5.75 Å². The highest BCUT2D eigenvalue weighted by Gasteiger charge is 2.14. The predicted octanol–water partition coefficient (Wildman–Crippen LogP) is 3.75. The molecule has 18 heavy (non-hydrogen) atoms. The van der Waals surface area contributed by atoms with Crippen molar-refractivity contribution in [2.24, 2.45) is 0 Å². The van der Waals surface area contributed by atoms with Crippen LogP contribution in [-0.4, -0.2) is 23.9 Å². The van der Waals surface area contributed by atoms with Crippen LogP contribution < -0.4 is 10.1 Å². The number of hydrogen-bond donors (Lipinski definition) is 1. The molecule has 100 valence electrons. The molecule has 0 bridgehead atoms. The van der Waals surface area contributed by atoms with E-state index in [9.17, 15) is 4.79 Å². The Morgan fingerprint density at radius 2 is 2.11 bits per heavy atom. The first kappa shape index (κ1) is 15.5. The second-order valence-corrected chi connectivity index (χ2v) is 6.65. The largest absolute Gasteiger partial charge is 0.497 e. The number of carbonyl (C=O) groups excluding carboxylic acids is 1. The Kier molecular flexibility index (Phi) is 6.15. The van der Waals surface area contributed by atoms with Crippen molar-refractivity contribution in [3.8, 4) is 5.75 Å². The quantitative estimate of drug-likeness (QED) is 0.792. The normalized spacial score (nSPS) is 13.8. The van der Waals surface area contributed by atoms with E-state index in [1.54, 1.807) is 13.2 Å². The molecule has 0 saturated heterocycles. The number of benzene rings is 1. The Morgan fingerprint density at radius 1 is 1.44 bits per heavy atom. The van der Waals surface area contributed by atoms with Crippen molar-refractivity contribution in [2.75, 3.05) is 7.11 Å². The van der Waals surface area contributed by atoms with Crippen molar-refractivity contribution >= 4 is 37.8 Å². The van der Waals surface area contributed by atoms with Gasteiger partial charge in [-0.1, -0.05) is 22.9 Å². The number of rotatable bonds is 5. The van der Waals surface area contributed by atoms with Crippen LogP contribution in [-0.2, 0) is 0 Å². The van der Waals surface area contributed by atoms with Crippen LogP contribution in [0.15, 0.2) is 22.7 Å².